The van der Waals surface area contributed by atoms with E-state index in [1.54, 1.807) is 23.1 Å². The van der Waals surface area contributed by atoms with Crippen LogP contribution in [0.2, 0.25) is 0 Å². The van der Waals surface area contributed by atoms with Crippen molar-refractivity contribution in [2.24, 2.45) is 5.41 Å². The van der Waals surface area contributed by atoms with Gasteiger partial charge in [-0.2, -0.15) is 18.3 Å². The molecule has 1 aliphatic heterocycles. The van der Waals surface area contributed by atoms with Crippen molar-refractivity contribution in [3.63, 3.8) is 0 Å². The highest BCUT2D eigenvalue weighted by Gasteiger charge is 2.43. The Morgan fingerprint density at radius 2 is 1.93 bits per heavy atom. The summed E-state index contributed by atoms with van der Waals surface area (Å²) in [6.07, 6.45) is -2.18. The van der Waals surface area contributed by atoms with Gasteiger partial charge in [0.15, 0.2) is 5.69 Å². The van der Waals surface area contributed by atoms with E-state index in [0.717, 1.165) is 10.9 Å². The smallest absolute Gasteiger partial charge is 0.349 e. The Labute approximate surface area is 172 Å². The van der Waals surface area contributed by atoms with E-state index in [1.165, 1.54) is 18.2 Å². The largest absolute Gasteiger partial charge is 0.434 e. The van der Waals surface area contributed by atoms with Crippen LogP contribution in [0.5, 0.6) is 0 Å². The van der Waals surface area contributed by atoms with Crippen LogP contribution in [-0.4, -0.2) is 45.6 Å². The quantitative estimate of drug-likeness (QED) is 0.771. The maximum atomic E-state index is 13.8. The van der Waals surface area contributed by atoms with E-state index in [2.05, 4.69) is 17.0 Å². The molecule has 1 N–H and O–H groups in total. The molecule has 1 atom stereocenters. The molecule has 6 nitrogen and oxygen atoms in total. The van der Waals surface area contributed by atoms with Gasteiger partial charge in [0.2, 0.25) is 5.91 Å². The molecule has 1 saturated heterocycles. The number of para-hydroxylation sites is 1. The van der Waals surface area contributed by atoms with Crippen molar-refractivity contribution < 1.29 is 22.8 Å². The van der Waals surface area contributed by atoms with Gasteiger partial charge in [-0.1, -0.05) is 38.6 Å². The van der Waals surface area contributed by atoms with Crippen LogP contribution in [0.1, 0.15) is 36.3 Å². The molecule has 0 spiro atoms. The van der Waals surface area contributed by atoms with Gasteiger partial charge in [-0.25, -0.2) is 4.68 Å². The molecule has 30 heavy (non-hydrogen) atoms. The number of benzene rings is 1. The normalized spacial score (nSPS) is 18.7. The lowest BCUT2D eigenvalue weighted by Gasteiger charge is -2.44. The molecule has 2 heterocycles. The van der Waals surface area contributed by atoms with Gasteiger partial charge in [0.05, 0.1) is 17.4 Å². The number of rotatable bonds is 4. The third-order valence-electron chi connectivity index (χ3n) is 5.30. The van der Waals surface area contributed by atoms with E-state index in [4.69, 9.17) is 0 Å². The summed E-state index contributed by atoms with van der Waals surface area (Å²) in [6.45, 7) is 7.94. The van der Waals surface area contributed by atoms with Gasteiger partial charge in [-0.3, -0.25) is 9.59 Å². The van der Waals surface area contributed by atoms with Crippen LogP contribution in [0.25, 0.3) is 5.69 Å². The second kappa shape index (κ2) is 7.97. The first kappa shape index (κ1) is 21.6. The molecule has 0 aliphatic carbocycles. The van der Waals surface area contributed by atoms with Crippen molar-refractivity contribution in [2.45, 2.75) is 32.5 Å². The van der Waals surface area contributed by atoms with Crippen molar-refractivity contribution in [2.75, 3.05) is 13.1 Å². The third-order valence-corrected chi connectivity index (χ3v) is 5.30. The average molecular weight is 420 g/mol. The molecular weight excluding hydrogens is 397 g/mol. The third kappa shape index (κ3) is 4.24. The number of hydrogen-bond acceptors (Lipinski definition) is 3. The SMILES string of the molecule is C=CC(=O)N1CCC(NC(=O)c2cnn(-c3ccccc3)c2C(F)(F)F)C(C)(C)C1. The monoisotopic (exact) mass is 420 g/mol. The van der Waals surface area contributed by atoms with Crippen LogP contribution in [-0.2, 0) is 11.0 Å². The zero-order valence-corrected chi connectivity index (χ0v) is 16.7. The van der Waals surface area contributed by atoms with Crippen molar-refractivity contribution in [1.82, 2.24) is 20.0 Å². The van der Waals surface area contributed by atoms with Crippen molar-refractivity contribution in [3.8, 4) is 5.69 Å². The average Bonchev–Trinajstić information content (AvgIpc) is 3.15. The fourth-order valence-electron chi connectivity index (χ4n) is 3.73. The van der Waals surface area contributed by atoms with Crippen LogP contribution in [0.3, 0.4) is 0 Å². The number of halogens is 3. The fraction of sp³-hybridized carbons (Fsp3) is 0.381. The number of carbonyl (C=O) groups excluding carboxylic acids is 2. The van der Waals surface area contributed by atoms with Gasteiger partial charge in [0.25, 0.3) is 5.91 Å². The highest BCUT2D eigenvalue weighted by atomic mass is 19.4. The lowest BCUT2D eigenvalue weighted by Crippen LogP contribution is -2.56. The summed E-state index contributed by atoms with van der Waals surface area (Å²) < 4.78 is 42.1. The Morgan fingerprint density at radius 3 is 2.50 bits per heavy atom. The highest BCUT2D eigenvalue weighted by Crippen LogP contribution is 2.35. The number of nitrogens with zero attached hydrogens (tertiary/aromatic N) is 3. The molecular formula is C21H23F3N4O2. The molecule has 9 heteroatoms. The van der Waals surface area contributed by atoms with Gasteiger partial charge in [-0.15, -0.1) is 0 Å². The first-order valence-corrected chi connectivity index (χ1v) is 9.47. The van der Waals surface area contributed by atoms with E-state index in [1.807, 2.05) is 13.8 Å². The standard InChI is InChI=1S/C21H23F3N4O2/c1-4-17(29)27-11-10-16(20(2,3)13-27)26-19(30)15-12-25-28(18(15)21(22,23)24)14-8-6-5-7-9-14/h4-9,12,16H,1,10-11,13H2,2-3H3,(H,26,30). The molecule has 1 aromatic carbocycles. The van der Waals surface area contributed by atoms with E-state index >= 15 is 0 Å². The minimum Gasteiger partial charge on any atom is -0.349 e. The van der Waals surface area contributed by atoms with Crippen molar-refractivity contribution in [3.05, 3.63) is 60.4 Å². The van der Waals surface area contributed by atoms with Crippen LogP contribution in [0.4, 0.5) is 13.2 Å². The summed E-state index contributed by atoms with van der Waals surface area (Å²) in [6, 6.07) is 7.44. The maximum absolute atomic E-state index is 13.8. The molecule has 0 bridgehead atoms. The molecule has 1 aliphatic rings. The van der Waals surface area contributed by atoms with Crippen LogP contribution in [0.15, 0.2) is 49.2 Å². The first-order valence-electron chi connectivity index (χ1n) is 9.47. The maximum Gasteiger partial charge on any atom is 0.434 e. The molecule has 0 saturated carbocycles. The van der Waals surface area contributed by atoms with Gasteiger partial charge in [-0.05, 0) is 24.6 Å². The summed E-state index contributed by atoms with van der Waals surface area (Å²) in [7, 11) is 0. The Balaban J connectivity index is 1.87. The molecule has 2 amide bonds. The number of carbonyl (C=O) groups is 2. The number of aromatic nitrogens is 2. The van der Waals surface area contributed by atoms with E-state index in [-0.39, 0.29) is 11.6 Å². The number of likely N-dealkylation sites (tertiary alicyclic amines) is 1. The predicted molar refractivity (Wildman–Crippen MR) is 105 cm³/mol. The summed E-state index contributed by atoms with van der Waals surface area (Å²) in [5.41, 5.74) is -1.98. The Kier molecular flexibility index (Phi) is 5.74. The topological polar surface area (TPSA) is 67.2 Å². The minimum absolute atomic E-state index is 0.209. The molecule has 3 rings (SSSR count). The lowest BCUT2D eigenvalue weighted by molar-refractivity contribution is -0.143. The number of amides is 2. The highest BCUT2D eigenvalue weighted by molar-refractivity contribution is 5.95. The van der Waals surface area contributed by atoms with Gasteiger partial charge in [0.1, 0.15) is 0 Å². The molecule has 2 aromatic rings. The zero-order valence-electron chi connectivity index (χ0n) is 16.7. The zero-order chi connectivity index (χ0) is 22.1. The van der Waals surface area contributed by atoms with E-state index < -0.39 is 34.8 Å². The molecule has 1 aromatic heterocycles. The second-order valence-corrected chi connectivity index (χ2v) is 7.92. The number of alkyl halides is 3. The summed E-state index contributed by atoms with van der Waals surface area (Å²) >= 11 is 0. The Bertz CT molecular complexity index is 951. The van der Waals surface area contributed by atoms with E-state index in [0.29, 0.717) is 19.5 Å². The van der Waals surface area contributed by atoms with Crippen LogP contribution in [0, 0.1) is 5.41 Å². The fourth-order valence-corrected chi connectivity index (χ4v) is 3.73. The van der Waals surface area contributed by atoms with Crippen LogP contribution < -0.4 is 5.32 Å². The Hall–Kier alpha value is -3.10. The number of nitrogens with one attached hydrogen (secondary N) is 1. The number of piperidine rings is 1. The molecule has 0 radical (unpaired) electrons. The number of hydrogen-bond donors (Lipinski definition) is 1. The summed E-state index contributed by atoms with van der Waals surface area (Å²) in [4.78, 5) is 26.3. The van der Waals surface area contributed by atoms with E-state index in [9.17, 15) is 22.8 Å². The lowest BCUT2D eigenvalue weighted by atomic mass is 9.79. The van der Waals surface area contributed by atoms with Gasteiger partial charge in [0, 0.05) is 24.5 Å². The van der Waals surface area contributed by atoms with Crippen LogP contribution >= 0.6 is 0 Å². The minimum atomic E-state index is -4.77. The molecule has 1 unspecified atom stereocenters. The summed E-state index contributed by atoms with van der Waals surface area (Å²) in [5.74, 6) is -1.05. The molecule has 1 fully saturated rings. The van der Waals surface area contributed by atoms with Crippen molar-refractivity contribution >= 4 is 11.8 Å². The first-order chi connectivity index (χ1) is 14.0. The van der Waals surface area contributed by atoms with Crippen molar-refractivity contribution in [1.29, 1.82) is 0 Å². The second-order valence-electron chi connectivity index (χ2n) is 7.92. The predicted octanol–water partition coefficient (Wildman–Crippen LogP) is 3.43. The molecule has 160 valence electrons. The van der Waals surface area contributed by atoms with Gasteiger partial charge < -0.3 is 10.2 Å². The summed E-state index contributed by atoms with van der Waals surface area (Å²) in [5, 5.41) is 6.55. The Morgan fingerprint density at radius 1 is 1.27 bits per heavy atom. The van der Waals surface area contributed by atoms with Gasteiger partial charge >= 0.3 is 6.18 Å².